The van der Waals surface area contributed by atoms with E-state index >= 15 is 0 Å². The molecular weight excluding hydrogens is 564 g/mol. The molecule has 2 amide bonds. The van der Waals surface area contributed by atoms with Gasteiger partial charge in [-0.2, -0.15) is 0 Å². The zero-order chi connectivity index (χ0) is 31.2. The normalized spacial score (nSPS) is 42.2. The van der Waals surface area contributed by atoms with Gasteiger partial charge < -0.3 is 34.7 Å². The van der Waals surface area contributed by atoms with Crippen molar-refractivity contribution < 1.29 is 38.4 Å². The standard InChI is InChI=1S/C34H46N2O8/c1-19-23-13-11-21(9-7-15-33(3)27(43-33)25(23)41-31(19)39)29(37)35-17-5-6-18-36-30(38)22-10-8-16-34(4)28(44-34)26-24(14-12-22)20(2)32(40)42-26/h9-10,23-28,31,39H,1-2,5-8,11-18H2,3-4H3,(H,35,37)(H,36,38)/b21-9+,22-10+/t23-,24-,25-,26-,27-,28-,31?,33+,34+/m0/s1. The lowest BCUT2D eigenvalue weighted by atomic mass is 9.83. The van der Waals surface area contributed by atoms with Crippen molar-refractivity contribution in [1.29, 1.82) is 0 Å². The molecule has 0 radical (unpaired) electrons. The van der Waals surface area contributed by atoms with Gasteiger partial charge in [0.25, 0.3) is 0 Å². The summed E-state index contributed by atoms with van der Waals surface area (Å²) >= 11 is 0. The molecule has 0 spiro atoms. The number of hydrogen-bond acceptors (Lipinski definition) is 8. The van der Waals surface area contributed by atoms with E-state index in [1.54, 1.807) is 0 Å². The second-order valence-electron chi connectivity index (χ2n) is 13.7. The SMILES string of the molecule is C=C1C(=O)O[C@H]2[C@H]1CC/C(C(=O)NCCCCNC(=O)/C1=C/CC[C@@]3(C)O[C@H]3[C@H]3OC(O)C(=C)[C@@H]3CC1)=C\CC[C@@]1(C)O[C@@H]21. The molecule has 1 unspecified atom stereocenters. The van der Waals surface area contributed by atoms with E-state index in [1.807, 2.05) is 19.1 Å². The number of esters is 1. The number of allylic oxidation sites excluding steroid dienone is 2. The zero-order valence-corrected chi connectivity index (χ0v) is 25.9. The van der Waals surface area contributed by atoms with Crippen molar-refractivity contribution >= 4 is 17.8 Å². The number of aliphatic hydroxyl groups is 1. The summed E-state index contributed by atoms with van der Waals surface area (Å²) in [5, 5.41) is 16.3. The van der Waals surface area contributed by atoms with E-state index < -0.39 is 6.29 Å². The Balaban J connectivity index is 0.943. The van der Waals surface area contributed by atoms with Crippen LogP contribution in [0.4, 0.5) is 0 Å². The third-order valence-electron chi connectivity index (χ3n) is 10.6. The molecule has 10 heteroatoms. The lowest BCUT2D eigenvalue weighted by molar-refractivity contribution is -0.140. The summed E-state index contributed by atoms with van der Waals surface area (Å²) < 4.78 is 23.3. The van der Waals surface area contributed by atoms with Crippen molar-refractivity contribution in [2.75, 3.05) is 13.1 Å². The molecule has 240 valence electrons. The molecule has 10 nitrogen and oxygen atoms in total. The molecule has 0 aromatic carbocycles. The molecule has 6 aliphatic rings. The fourth-order valence-corrected chi connectivity index (χ4v) is 7.53. The van der Waals surface area contributed by atoms with Gasteiger partial charge in [0.15, 0.2) is 6.29 Å². The summed E-state index contributed by atoms with van der Waals surface area (Å²) in [7, 11) is 0. The molecular formula is C34H46N2O8. The Hall–Kier alpha value is -2.79. The Bertz CT molecular complexity index is 1290. The molecule has 3 N–H and O–H groups in total. The molecule has 0 bridgehead atoms. The predicted molar refractivity (Wildman–Crippen MR) is 161 cm³/mol. The van der Waals surface area contributed by atoms with Crippen LogP contribution in [0.5, 0.6) is 0 Å². The number of nitrogens with one attached hydrogen (secondary N) is 2. The first-order valence-electron chi connectivity index (χ1n) is 16.2. The van der Waals surface area contributed by atoms with E-state index in [0.29, 0.717) is 49.9 Å². The van der Waals surface area contributed by atoms with E-state index in [2.05, 4.69) is 30.7 Å². The van der Waals surface area contributed by atoms with Crippen molar-refractivity contribution in [3.8, 4) is 0 Å². The molecule has 4 fully saturated rings. The predicted octanol–water partition coefficient (Wildman–Crippen LogP) is 3.30. The van der Waals surface area contributed by atoms with Crippen LogP contribution < -0.4 is 10.6 Å². The third-order valence-corrected chi connectivity index (χ3v) is 10.6. The number of carbonyl (C=O) groups is 3. The summed E-state index contributed by atoms with van der Waals surface area (Å²) in [5.74, 6) is -0.726. The fourth-order valence-electron chi connectivity index (χ4n) is 7.53. The van der Waals surface area contributed by atoms with Crippen molar-refractivity contribution in [2.45, 2.75) is 120 Å². The molecule has 4 aliphatic heterocycles. The van der Waals surface area contributed by atoms with Crippen LogP contribution in [0.3, 0.4) is 0 Å². The number of rotatable bonds is 7. The molecule has 44 heavy (non-hydrogen) atoms. The summed E-state index contributed by atoms with van der Waals surface area (Å²) in [5.41, 5.74) is 1.96. The maximum Gasteiger partial charge on any atom is 0.334 e. The van der Waals surface area contributed by atoms with Crippen LogP contribution in [0, 0.1) is 11.8 Å². The largest absolute Gasteiger partial charge is 0.455 e. The van der Waals surface area contributed by atoms with Gasteiger partial charge in [-0.05, 0) is 83.6 Å². The minimum Gasteiger partial charge on any atom is -0.455 e. The van der Waals surface area contributed by atoms with E-state index in [9.17, 15) is 19.5 Å². The van der Waals surface area contributed by atoms with Gasteiger partial charge in [-0.15, -0.1) is 0 Å². The number of ether oxygens (including phenoxy) is 4. The van der Waals surface area contributed by atoms with E-state index in [1.165, 1.54) is 0 Å². The highest BCUT2D eigenvalue weighted by molar-refractivity contribution is 5.94. The van der Waals surface area contributed by atoms with E-state index in [4.69, 9.17) is 18.9 Å². The Kier molecular flexibility index (Phi) is 8.65. The number of epoxide rings is 2. The van der Waals surface area contributed by atoms with Gasteiger partial charge in [-0.3, -0.25) is 9.59 Å². The van der Waals surface area contributed by atoms with Gasteiger partial charge >= 0.3 is 5.97 Å². The van der Waals surface area contributed by atoms with Gasteiger partial charge in [0.05, 0.1) is 17.3 Å². The molecule has 0 saturated carbocycles. The number of fused-ring (bicyclic) bond motifs is 6. The lowest BCUT2D eigenvalue weighted by Crippen LogP contribution is -2.31. The topological polar surface area (TPSA) is 139 Å². The van der Waals surface area contributed by atoms with Crippen LogP contribution >= 0.6 is 0 Å². The average Bonchev–Trinajstić information content (AvgIpc) is 3.80. The molecule has 4 heterocycles. The molecule has 0 aromatic rings. The van der Waals surface area contributed by atoms with Crippen molar-refractivity contribution in [2.24, 2.45) is 11.8 Å². The van der Waals surface area contributed by atoms with Gasteiger partial charge in [0.1, 0.15) is 18.3 Å². The number of aliphatic hydroxyl groups excluding tert-OH is 1. The fraction of sp³-hybridized carbons (Fsp3) is 0.676. The second kappa shape index (κ2) is 12.2. The van der Waals surface area contributed by atoms with Crippen LogP contribution in [0.2, 0.25) is 0 Å². The maximum absolute atomic E-state index is 13.1. The van der Waals surface area contributed by atoms with E-state index in [0.717, 1.165) is 49.7 Å². The minimum absolute atomic E-state index is 0.0483. The number of carbonyl (C=O) groups excluding carboxylic acids is 3. The first-order chi connectivity index (χ1) is 21.0. The van der Waals surface area contributed by atoms with Gasteiger partial charge in [-0.25, -0.2) is 4.79 Å². The first-order valence-corrected chi connectivity index (χ1v) is 16.2. The monoisotopic (exact) mass is 610 g/mol. The highest BCUT2D eigenvalue weighted by Gasteiger charge is 2.62. The zero-order valence-electron chi connectivity index (χ0n) is 25.9. The van der Waals surface area contributed by atoms with Crippen molar-refractivity contribution in [3.05, 3.63) is 47.6 Å². The molecule has 9 atom stereocenters. The summed E-state index contributed by atoms with van der Waals surface area (Å²) in [4.78, 5) is 38.3. The Morgan fingerprint density at radius 1 is 0.886 bits per heavy atom. The third kappa shape index (κ3) is 6.18. The first kappa shape index (κ1) is 31.2. The molecule has 4 saturated heterocycles. The minimum atomic E-state index is -0.984. The number of hydrogen-bond donors (Lipinski definition) is 3. The number of unbranched alkanes of at least 4 members (excludes halogenated alkanes) is 1. The Morgan fingerprint density at radius 2 is 1.41 bits per heavy atom. The highest BCUT2D eigenvalue weighted by atomic mass is 16.7. The maximum atomic E-state index is 13.1. The van der Waals surface area contributed by atoms with Crippen LogP contribution in [0.1, 0.15) is 78.1 Å². The Labute approximate surface area is 259 Å². The van der Waals surface area contributed by atoms with Gasteiger partial charge in [0.2, 0.25) is 11.8 Å². The van der Waals surface area contributed by atoms with Crippen molar-refractivity contribution in [3.63, 3.8) is 0 Å². The number of amides is 2. The smallest absolute Gasteiger partial charge is 0.334 e. The Morgan fingerprint density at radius 3 is 1.98 bits per heavy atom. The quantitative estimate of drug-likeness (QED) is 0.131. The average molecular weight is 611 g/mol. The summed E-state index contributed by atoms with van der Waals surface area (Å²) in [6.45, 7) is 13.1. The second-order valence-corrected chi connectivity index (χ2v) is 13.7. The molecule has 0 aromatic heterocycles. The van der Waals surface area contributed by atoms with E-state index in [-0.39, 0.29) is 65.2 Å². The van der Waals surface area contributed by atoms with Crippen LogP contribution in [0.15, 0.2) is 47.6 Å². The van der Waals surface area contributed by atoms with Crippen LogP contribution in [-0.2, 0) is 33.3 Å². The van der Waals surface area contributed by atoms with Crippen molar-refractivity contribution in [1.82, 2.24) is 10.6 Å². The summed E-state index contributed by atoms with van der Waals surface area (Å²) in [6, 6.07) is 0. The van der Waals surface area contributed by atoms with Crippen LogP contribution in [0.25, 0.3) is 0 Å². The summed E-state index contributed by atoms with van der Waals surface area (Å²) in [6.07, 6.45) is 9.20. The highest BCUT2D eigenvalue weighted by Crippen LogP contribution is 2.51. The van der Waals surface area contributed by atoms with Crippen LogP contribution in [-0.4, -0.2) is 77.9 Å². The van der Waals surface area contributed by atoms with Gasteiger partial charge in [-0.1, -0.05) is 25.3 Å². The lowest BCUT2D eigenvalue weighted by Gasteiger charge is -2.20. The van der Waals surface area contributed by atoms with Gasteiger partial charge in [0, 0.05) is 41.6 Å². The molecule has 6 rings (SSSR count). The molecule has 2 aliphatic carbocycles.